The lowest BCUT2D eigenvalue weighted by molar-refractivity contribution is -0.148. The highest BCUT2D eigenvalue weighted by Crippen LogP contribution is 2.62. The zero-order valence-electron chi connectivity index (χ0n) is 7.04. The first-order valence-corrected chi connectivity index (χ1v) is 5.08. The number of carbonyl (C=O) groups excluding carboxylic acids is 2. The normalized spacial score (nSPS) is 29.2. The fraction of sp³-hybridized carbons (Fsp3) is 0.714. The molecule has 1 aliphatic rings. The Balaban J connectivity index is 2.71. The largest absolute Gasteiger partial charge is 0.469 e. The molecule has 0 saturated heterocycles. The Morgan fingerprint density at radius 2 is 1.38 bits per heavy atom. The van der Waals surface area contributed by atoms with E-state index in [-0.39, 0.29) is 0 Å². The van der Waals surface area contributed by atoms with E-state index in [0.29, 0.717) is 0 Å². The first-order valence-electron chi connectivity index (χ1n) is 3.50. The fourth-order valence-electron chi connectivity index (χ4n) is 1.17. The summed E-state index contributed by atoms with van der Waals surface area (Å²) >= 11 is 6.43. The molecular weight excluding hydrogens is 308 g/mol. The van der Waals surface area contributed by atoms with E-state index in [2.05, 4.69) is 41.3 Å². The number of halogens is 2. The lowest BCUT2D eigenvalue weighted by atomic mass is 10.3. The Bertz CT molecular complexity index is 227. The van der Waals surface area contributed by atoms with Crippen molar-refractivity contribution in [3.63, 3.8) is 0 Å². The molecule has 0 amide bonds. The van der Waals surface area contributed by atoms with E-state index in [1.54, 1.807) is 0 Å². The zero-order valence-corrected chi connectivity index (χ0v) is 10.2. The number of rotatable bonds is 2. The van der Waals surface area contributed by atoms with E-state index in [9.17, 15) is 9.59 Å². The predicted molar refractivity (Wildman–Crippen MR) is 51.6 cm³/mol. The third-order valence-electron chi connectivity index (χ3n) is 1.96. The van der Waals surface area contributed by atoms with Gasteiger partial charge >= 0.3 is 11.9 Å². The summed E-state index contributed by atoms with van der Waals surface area (Å²) in [4.78, 5) is 22.3. The van der Waals surface area contributed by atoms with Crippen molar-refractivity contribution >= 4 is 43.8 Å². The van der Waals surface area contributed by atoms with Crippen molar-refractivity contribution in [1.29, 1.82) is 0 Å². The molecule has 0 aromatic heterocycles. The molecule has 1 fully saturated rings. The van der Waals surface area contributed by atoms with Gasteiger partial charge < -0.3 is 9.47 Å². The summed E-state index contributed by atoms with van der Waals surface area (Å²) in [7, 11) is 2.57. The fourth-order valence-corrected chi connectivity index (χ4v) is 2.71. The molecule has 0 N–H and O–H groups in total. The van der Waals surface area contributed by atoms with Gasteiger partial charge in [-0.25, -0.2) is 0 Å². The van der Waals surface area contributed by atoms with Gasteiger partial charge in [0.1, 0.15) is 3.23 Å². The van der Waals surface area contributed by atoms with Gasteiger partial charge in [-0.05, 0) is 0 Å². The minimum atomic E-state index is -0.694. The summed E-state index contributed by atoms with van der Waals surface area (Å²) in [6.45, 7) is 0. The Kier molecular flexibility index (Phi) is 3.01. The van der Waals surface area contributed by atoms with Crippen LogP contribution in [0.25, 0.3) is 0 Å². The average molecular weight is 316 g/mol. The third-order valence-corrected chi connectivity index (χ3v) is 3.94. The van der Waals surface area contributed by atoms with E-state index >= 15 is 0 Å². The van der Waals surface area contributed by atoms with Crippen LogP contribution in [0.15, 0.2) is 0 Å². The number of ether oxygens (including phenoxy) is 2. The van der Waals surface area contributed by atoms with Gasteiger partial charge in [-0.15, -0.1) is 0 Å². The van der Waals surface area contributed by atoms with Crippen LogP contribution in [-0.2, 0) is 19.1 Å². The molecule has 0 aliphatic heterocycles. The number of carbonyl (C=O) groups is 2. The summed E-state index contributed by atoms with van der Waals surface area (Å²) in [6.07, 6.45) is 0. The van der Waals surface area contributed by atoms with Crippen molar-refractivity contribution in [2.75, 3.05) is 14.2 Å². The van der Waals surface area contributed by atoms with E-state index < -0.39 is 27.0 Å². The zero-order chi connectivity index (χ0) is 10.2. The maximum atomic E-state index is 11.1. The van der Waals surface area contributed by atoms with E-state index in [4.69, 9.17) is 0 Å². The standard InChI is InChI=1S/C7H8Br2O4/c1-12-5(10)3-4(6(11)13-2)7(3,8)9/h3-4H,1-2H3/t3-,4+. The average Bonchev–Trinajstić information content (AvgIpc) is 2.66. The number of hydrogen-bond donors (Lipinski definition) is 0. The molecule has 74 valence electrons. The SMILES string of the molecule is COC(=O)[C@@H]1[C@H](C(=O)OC)C1(Br)Br. The smallest absolute Gasteiger partial charge is 0.311 e. The van der Waals surface area contributed by atoms with Crippen LogP contribution < -0.4 is 0 Å². The first kappa shape index (κ1) is 11.0. The van der Waals surface area contributed by atoms with Gasteiger partial charge in [0.15, 0.2) is 0 Å². The van der Waals surface area contributed by atoms with Crippen LogP contribution in [-0.4, -0.2) is 29.4 Å². The van der Waals surface area contributed by atoms with Crippen LogP contribution in [0.5, 0.6) is 0 Å². The maximum Gasteiger partial charge on any atom is 0.311 e. The summed E-state index contributed by atoms with van der Waals surface area (Å²) in [5.41, 5.74) is 0. The number of alkyl halides is 2. The van der Waals surface area contributed by atoms with Crippen LogP contribution in [0.2, 0.25) is 0 Å². The number of methoxy groups -OCH3 is 2. The second kappa shape index (κ2) is 3.57. The number of hydrogen-bond acceptors (Lipinski definition) is 4. The molecule has 0 aromatic carbocycles. The lowest BCUT2D eigenvalue weighted by Gasteiger charge is -1.95. The second-order valence-corrected chi connectivity index (χ2v) is 6.36. The van der Waals surface area contributed by atoms with Crippen molar-refractivity contribution in [3.05, 3.63) is 0 Å². The van der Waals surface area contributed by atoms with Gasteiger partial charge in [-0.3, -0.25) is 9.59 Å². The van der Waals surface area contributed by atoms with Crippen molar-refractivity contribution in [1.82, 2.24) is 0 Å². The van der Waals surface area contributed by atoms with E-state index in [0.717, 1.165) is 0 Å². The molecule has 13 heavy (non-hydrogen) atoms. The maximum absolute atomic E-state index is 11.1. The minimum absolute atomic E-state index is 0.427. The quantitative estimate of drug-likeness (QED) is 0.565. The van der Waals surface area contributed by atoms with Crippen molar-refractivity contribution in [2.45, 2.75) is 3.23 Å². The highest BCUT2D eigenvalue weighted by atomic mass is 79.9. The Morgan fingerprint density at radius 1 is 1.08 bits per heavy atom. The molecule has 0 spiro atoms. The Hall–Kier alpha value is -0.100. The number of esters is 2. The highest BCUT2D eigenvalue weighted by molar-refractivity contribution is 9.25. The van der Waals surface area contributed by atoms with Crippen molar-refractivity contribution < 1.29 is 19.1 Å². The van der Waals surface area contributed by atoms with Crippen LogP contribution >= 0.6 is 31.9 Å². The molecule has 1 rings (SSSR count). The highest BCUT2D eigenvalue weighted by Gasteiger charge is 2.71. The molecule has 1 saturated carbocycles. The molecule has 0 heterocycles. The first-order chi connectivity index (χ1) is 5.96. The minimum Gasteiger partial charge on any atom is -0.469 e. The lowest BCUT2D eigenvalue weighted by Crippen LogP contribution is -2.10. The molecule has 1 aliphatic carbocycles. The van der Waals surface area contributed by atoms with Gasteiger partial charge in [0.25, 0.3) is 0 Å². The monoisotopic (exact) mass is 314 g/mol. The molecule has 4 nitrogen and oxygen atoms in total. The molecule has 0 bridgehead atoms. The second-order valence-electron chi connectivity index (χ2n) is 2.68. The van der Waals surface area contributed by atoms with E-state index in [1.807, 2.05) is 0 Å². The third kappa shape index (κ3) is 1.74. The van der Waals surface area contributed by atoms with Crippen LogP contribution in [0.1, 0.15) is 0 Å². The van der Waals surface area contributed by atoms with Gasteiger partial charge in [-0.2, -0.15) is 0 Å². The van der Waals surface area contributed by atoms with Crippen LogP contribution in [0.3, 0.4) is 0 Å². The molecule has 0 aromatic rings. The topological polar surface area (TPSA) is 52.6 Å². The van der Waals surface area contributed by atoms with Crippen molar-refractivity contribution in [2.24, 2.45) is 11.8 Å². The Labute approximate surface area is 92.2 Å². The molecule has 0 radical (unpaired) electrons. The summed E-state index contributed by atoms with van der Waals surface area (Å²) in [5.74, 6) is -1.87. The van der Waals surface area contributed by atoms with Crippen molar-refractivity contribution in [3.8, 4) is 0 Å². The van der Waals surface area contributed by atoms with Gasteiger partial charge in [-0.1, -0.05) is 31.9 Å². The molecule has 0 unspecified atom stereocenters. The Morgan fingerprint density at radius 3 is 1.62 bits per heavy atom. The van der Waals surface area contributed by atoms with Gasteiger partial charge in [0, 0.05) is 0 Å². The van der Waals surface area contributed by atoms with Gasteiger partial charge in [0.05, 0.1) is 26.1 Å². The summed E-state index contributed by atoms with van der Waals surface area (Å²) in [6, 6.07) is 0. The molecular formula is C7H8Br2O4. The van der Waals surface area contributed by atoms with Gasteiger partial charge in [0.2, 0.25) is 0 Å². The molecule has 6 heteroatoms. The van der Waals surface area contributed by atoms with E-state index in [1.165, 1.54) is 14.2 Å². The van der Waals surface area contributed by atoms with Crippen LogP contribution in [0, 0.1) is 11.8 Å². The summed E-state index contributed by atoms with van der Waals surface area (Å²) < 4.78 is 8.36. The molecule has 2 atom stereocenters. The summed E-state index contributed by atoms with van der Waals surface area (Å²) in [5, 5.41) is 0. The van der Waals surface area contributed by atoms with Crippen LogP contribution in [0.4, 0.5) is 0 Å². The predicted octanol–water partition coefficient (Wildman–Crippen LogP) is 1.06.